The highest BCUT2D eigenvalue weighted by molar-refractivity contribution is 6.30. The van der Waals surface area contributed by atoms with Crippen molar-refractivity contribution in [2.24, 2.45) is 0 Å². The first-order valence-electron chi connectivity index (χ1n) is 5.26. The highest BCUT2D eigenvalue weighted by Gasteiger charge is 2.06. The molecule has 5 heteroatoms. The van der Waals surface area contributed by atoms with Gasteiger partial charge >= 0.3 is 0 Å². The first kappa shape index (κ1) is 11.9. The van der Waals surface area contributed by atoms with Crippen molar-refractivity contribution in [2.75, 3.05) is 5.32 Å². The van der Waals surface area contributed by atoms with Gasteiger partial charge in [-0.1, -0.05) is 11.6 Å². The number of halogens is 2. The Morgan fingerprint density at radius 2 is 2.12 bits per heavy atom. The summed E-state index contributed by atoms with van der Waals surface area (Å²) in [5.74, 6) is -0.347. The maximum Gasteiger partial charge on any atom is 0.126 e. The standard InChI is InChI=1S/C12H13ClFN3/c1-7-12(8(2)17-16-7)6-15-11-4-9(13)3-10(14)5-11/h3-5,15H,6H2,1-2H3,(H,16,17). The number of nitrogens with one attached hydrogen (secondary N) is 2. The van der Waals surface area contributed by atoms with E-state index in [9.17, 15) is 4.39 Å². The first-order valence-corrected chi connectivity index (χ1v) is 5.64. The van der Waals surface area contributed by atoms with E-state index in [2.05, 4.69) is 15.5 Å². The smallest absolute Gasteiger partial charge is 0.126 e. The Kier molecular flexibility index (Phi) is 3.33. The van der Waals surface area contributed by atoms with E-state index in [1.54, 1.807) is 6.07 Å². The molecule has 1 aromatic heterocycles. The SMILES string of the molecule is Cc1n[nH]c(C)c1CNc1cc(F)cc(Cl)c1. The van der Waals surface area contributed by atoms with Crippen molar-refractivity contribution in [2.45, 2.75) is 20.4 Å². The third-order valence-corrected chi connectivity index (χ3v) is 2.83. The van der Waals surface area contributed by atoms with Crippen molar-refractivity contribution in [1.29, 1.82) is 0 Å². The third kappa shape index (κ3) is 2.77. The van der Waals surface area contributed by atoms with Gasteiger partial charge in [-0.15, -0.1) is 0 Å². The zero-order chi connectivity index (χ0) is 12.4. The molecule has 1 heterocycles. The van der Waals surface area contributed by atoms with Gasteiger partial charge in [-0.2, -0.15) is 5.10 Å². The van der Waals surface area contributed by atoms with Gasteiger partial charge in [0.15, 0.2) is 0 Å². The van der Waals surface area contributed by atoms with Crippen LogP contribution in [0, 0.1) is 19.7 Å². The summed E-state index contributed by atoms with van der Waals surface area (Å²) in [4.78, 5) is 0. The quantitative estimate of drug-likeness (QED) is 0.880. The van der Waals surface area contributed by atoms with Crippen molar-refractivity contribution < 1.29 is 4.39 Å². The predicted octanol–water partition coefficient (Wildman–Crippen LogP) is 3.43. The molecule has 0 amide bonds. The first-order chi connectivity index (χ1) is 8.06. The van der Waals surface area contributed by atoms with Gasteiger partial charge in [-0.3, -0.25) is 5.10 Å². The molecule has 2 N–H and O–H groups in total. The molecule has 3 nitrogen and oxygen atoms in total. The lowest BCUT2D eigenvalue weighted by Crippen LogP contribution is -2.01. The number of aryl methyl sites for hydroxylation is 2. The number of H-pyrrole nitrogens is 1. The van der Waals surface area contributed by atoms with Crippen molar-refractivity contribution in [3.8, 4) is 0 Å². The van der Waals surface area contributed by atoms with Gasteiger partial charge in [0, 0.05) is 28.5 Å². The van der Waals surface area contributed by atoms with Crippen LogP contribution in [0.3, 0.4) is 0 Å². The van der Waals surface area contributed by atoms with Gasteiger partial charge in [0.2, 0.25) is 0 Å². The number of aromatic amines is 1. The van der Waals surface area contributed by atoms with Crippen LogP contribution >= 0.6 is 11.6 Å². The van der Waals surface area contributed by atoms with Gasteiger partial charge in [0.25, 0.3) is 0 Å². The van der Waals surface area contributed by atoms with Crippen LogP contribution in [0.15, 0.2) is 18.2 Å². The van der Waals surface area contributed by atoms with Crippen LogP contribution < -0.4 is 5.32 Å². The largest absolute Gasteiger partial charge is 0.381 e. The maximum absolute atomic E-state index is 13.1. The molecule has 0 aliphatic rings. The fraction of sp³-hybridized carbons (Fsp3) is 0.250. The van der Waals surface area contributed by atoms with E-state index >= 15 is 0 Å². The Morgan fingerprint density at radius 1 is 1.35 bits per heavy atom. The maximum atomic E-state index is 13.1. The molecule has 0 atom stereocenters. The van der Waals surface area contributed by atoms with E-state index in [0.29, 0.717) is 17.3 Å². The summed E-state index contributed by atoms with van der Waals surface area (Å²) in [5, 5.41) is 10.5. The summed E-state index contributed by atoms with van der Waals surface area (Å²) < 4.78 is 13.1. The monoisotopic (exact) mass is 253 g/mol. The summed E-state index contributed by atoms with van der Waals surface area (Å²) >= 11 is 5.77. The molecule has 0 saturated carbocycles. The van der Waals surface area contributed by atoms with E-state index in [1.807, 2.05) is 13.8 Å². The summed E-state index contributed by atoms with van der Waals surface area (Å²) in [6.45, 7) is 4.47. The van der Waals surface area contributed by atoms with Crippen molar-refractivity contribution >= 4 is 17.3 Å². The van der Waals surface area contributed by atoms with Crippen molar-refractivity contribution in [1.82, 2.24) is 10.2 Å². The van der Waals surface area contributed by atoms with Gasteiger partial charge in [-0.05, 0) is 32.0 Å². The summed E-state index contributed by atoms with van der Waals surface area (Å²) in [7, 11) is 0. The summed E-state index contributed by atoms with van der Waals surface area (Å²) in [5.41, 5.74) is 3.70. The van der Waals surface area contributed by atoms with Crippen molar-refractivity contribution in [3.05, 3.63) is 46.0 Å². The van der Waals surface area contributed by atoms with Crippen LogP contribution in [-0.2, 0) is 6.54 Å². The highest BCUT2D eigenvalue weighted by Crippen LogP contribution is 2.19. The number of anilines is 1. The topological polar surface area (TPSA) is 40.7 Å². The molecule has 0 bridgehead atoms. The van der Waals surface area contributed by atoms with Crippen LogP contribution in [0.2, 0.25) is 5.02 Å². The number of hydrogen-bond donors (Lipinski definition) is 2. The van der Waals surface area contributed by atoms with Crippen LogP contribution in [0.25, 0.3) is 0 Å². The second-order valence-electron chi connectivity index (χ2n) is 3.92. The number of benzene rings is 1. The molecule has 0 spiro atoms. The van der Waals surface area contributed by atoms with Gasteiger partial charge in [0.05, 0.1) is 5.69 Å². The fourth-order valence-electron chi connectivity index (χ4n) is 1.68. The van der Waals surface area contributed by atoms with E-state index in [-0.39, 0.29) is 5.82 Å². The molecule has 0 aliphatic carbocycles. The zero-order valence-corrected chi connectivity index (χ0v) is 10.4. The lowest BCUT2D eigenvalue weighted by Gasteiger charge is -2.07. The Hall–Kier alpha value is -1.55. The molecule has 0 radical (unpaired) electrons. The molecule has 0 unspecified atom stereocenters. The zero-order valence-electron chi connectivity index (χ0n) is 9.64. The lowest BCUT2D eigenvalue weighted by molar-refractivity contribution is 0.628. The van der Waals surface area contributed by atoms with E-state index in [1.165, 1.54) is 12.1 Å². The van der Waals surface area contributed by atoms with Gasteiger partial charge in [-0.25, -0.2) is 4.39 Å². The third-order valence-electron chi connectivity index (χ3n) is 2.61. The van der Waals surface area contributed by atoms with Crippen LogP contribution in [-0.4, -0.2) is 10.2 Å². The van der Waals surface area contributed by atoms with E-state index in [4.69, 9.17) is 11.6 Å². The van der Waals surface area contributed by atoms with Crippen LogP contribution in [0.5, 0.6) is 0 Å². The second kappa shape index (κ2) is 4.75. The molecule has 2 rings (SSSR count). The molecule has 0 fully saturated rings. The molecule has 2 aromatic rings. The molecular weight excluding hydrogens is 241 g/mol. The van der Waals surface area contributed by atoms with E-state index < -0.39 is 0 Å². The van der Waals surface area contributed by atoms with Gasteiger partial charge in [0.1, 0.15) is 5.82 Å². The molecular formula is C12H13ClFN3. The molecule has 17 heavy (non-hydrogen) atoms. The molecule has 0 aliphatic heterocycles. The molecule has 90 valence electrons. The summed E-state index contributed by atoms with van der Waals surface area (Å²) in [6.07, 6.45) is 0. The number of rotatable bonds is 3. The minimum absolute atomic E-state index is 0.347. The number of nitrogens with zero attached hydrogens (tertiary/aromatic N) is 1. The minimum Gasteiger partial charge on any atom is -0.381 e. The Balaban J connectivity index is 2.12. The predicted molar refractivity (Wildman–Crippen MR) is 66.8 cm³/mol. The average molecular weight is 254 g/mol. The van der Waals surface area contributed by atoms with Crippen molar-refractivity contribution in [3.63, 3.8) is 0 Å². The highest BCUT2D eigenvalue weighted by atomic mass is 35.5. The average Bonchev–Trinajstić information content (AvgIpc) is 2.55. The number of hydrogen-bond acceptors (Lipinski definition) is 2. The molecule has 1 aromatic carbocycles. The second-order valence-corrected chi connectivity index (χ2v) is 4.36. The molecule has 0 saturated heterocycles. The lowest BCUT2D eigenvalue weighted by atomic mass is 10.2. The Morgan fingerprint density at radius 3 is 2.71 bits per heavy atom. The minimum atomic E-state index is -0.347. The van der Waals surface area contributed by atoms with E-state index in [0.717, 1.165) is 17.0 Å². The van der Waals surface area contributed by atoms with Crippen LogP contribution in [0.1, 0.15) is 17.0 Å². The Bertz CT molecular complexity index is 497. The summed E-state index contributed by atoms with van der Waals surface area (Å²) in [6, 6.07) is 4.38. The Labute approximate surface area is 104 Å². The number of aromatic nitrogens is 2. The fourth-order valence-corrected chi connectivity index (χ4v) is 1.90. The van der Waals surface area contributed by atoms with Crippen LogP contribution in [0.4, 0.5) is 10.1 Å². The normalized spacial score (nSPS) is 10.6. The van der Waals surface area contributed by atoms with Gasteiger partial charge < -0.3 is 5.32 Å².